The summed E-state index contributed by atoms with van der Waals surface area (Å²) in [6.07, 6.45) is -0.336. The van der Waals surface area contributed by atoms with E-state index < -0.39 is 18.0 Å². The summed E-state index contributed by atoms with van der Waals surface area (Å²) in [5.74, 6) is 1.58. The van der Waals surface area contributed by atoms with E-state index in [9.17, 15) is 9.59 Å². The highest BCUT2D eigenvalue weighted by Crippen LogP contribution is 2.37. The van der Waals surface area contributed by atoms with E-state index >= 15 is 0 Å². The van der Waals surface area contributed by atoms with Crippen LogP contribution in [0.2, 0.25) is 0 Å². The lowest BCUT2D eigenvalue weighted by molar-refractivity contribution is -0.143. The largest absolute Gasteiger partial charge is 0.497 e. The number of urea groups is 1. The minimum absolute atomic E-state index is 0.288. The molecule has 1 atom stereocenters. The molecule has 1 heterocycles. The average molecular weight is 469 g/mol. The summed E-state index contributed by atoms with van der Waals surface area (Å²) in [4.78, 5) is 25.9. The molecule has 1 unspecified atom stereocenters. The molecule has 8 nitrogen and oxygen atoms in total. The van der Waals surface area contributed by atoms with Crippen LogP contribution < -0.4 is 24.8 Å². The van der Waals surface area contributed by atoms with Gasteiger partial charge < -0.3 is 29.6 Å². The van der Waals surface area contributed by atoms with Crippen molar-refractivity contribution in [1.82, 2.24) is 10.6 Å². The topological polar surface area (TPSA) is 95.1 Å². The smallest absolute Gasteiger partial charge is 0.338 e. The quantitative estimate of drug-likeness (QED) is 0.528. The Bertz CT molecular complexity index is 1060. The molecule has 182 valence electrons. The Labute approximate surface area is 200 Å². The van der Waals surface area contributed by atoms with Gasteiger partial charge in [0.2, 0.25) is 0 Å². The first-order valence-corrected chi connectivity index (χ1v) is 11.2. The van der Waals surface area contributed by atoms with E-state index in [2.05, 4.69) is 24.5 Å². The minimum atomic E-state index is -0.759. The van der Waals surface area contributed by atoms with Gasteiger partial charge in [-0.3, -0.25) is 0 Å². The van der Waals surface area contributed by atoms with Crippen LogP contribution in [0.4, 0.5) is 4.79 Å². The summed E-state index contributed by atoms with van der Waals surface area (Å²) in [5, 5.41) is 5.63. The number of carbonyl (C=O) groups excluding carboxylic acids is 2. The van der Waals surface area contributed by atoms with Crippen LogP contribution in [0.5, 0.6) is 17.2 Å². The number of benzene rings is 2. The predicted octanol–water partition coefficient (Wildman–Crippen LogP) is 4.46. The Balaban J connectivity index is 2.11. The van der Waals surface area contributed by atoms with E-state index in [1.54, 1.807) is 64.5 Å². The van der Waals surface area contributed by atoms with Crippen molar-refractivity contribution in [2.24, 2.45) is 5.92 Å². The van der Waals surface area contributed by atoms with E-state index in [4.69, 9.17) is 18.9 Å². The van der Waals surface area contributed by atoms with Gasteiger partial charge in [0.05, 0.1) is 44.2 Å². The molecule has 8 heteroatoms. The third-order valence-electron chi connectivity index (χ3n) is 5.11. The molecule has 0 aliphatic carbocycles. The van der Waals surface area contributed by atoms with Crippen molar-refractivity contribution in [3.63, 3.8) is 0 Å². The molecule has 0 bridgehead atoms. The van der Waals surface area contributed by atoms with E-state index in [0.717, 1.165) is 0 Å². The molecular weight excluding hydrogens is 436 g/mol. The highest BCUT2D eigenvalue weighted by molar-refractivity contribution is 6.04. The Morgan fingerprint density at radius 3 is 2.26 bits per heavy atom. The number of rotatable bonds is 9. The van der Waals surface area contributed by atoms with Gasteiger partial charge in [0.1, 0.15) is 5.75 Å². The number of hydrogen-bond acceptors (Lipinski definition) is 6. The molecule has 2 amide bonds. The molecule has 0 fully saturated rings. The highest BCUT2D eigenvalue weighted by atomic mass is 16.5. The van der Waals surface area contributed by atoms with Crippen LogP contribution in [0.1, 0.15) is 44.9 Å². The van der Waals surface area contributed by atoms with Gasteiger partial charge in [0.25, 0.3) is 0 Å². The second-order valence-corrected chi connectivity index (χ2v) is 8.62. The standard InChI is InChI=1S/C26H32N2O6/c1-15(2)14-33-20-12-9-18(13-21(20)32-6)24-22(25(29)34-16(3)4)23(27-26(30)28-24)17-7-10-19(31-5)11-8-17/h7-13,15-16,24H,14H2,1-6H3,(H2,27,28,30). The number of methoxy groups -OCH3 is 2. The van der Waals surface area contributed by atoms with Gasteiger partial charge in [-0.25, -0.2) is 9.59 Å². The number of carbonyl (C=O) groups is 2. The molecule has 0 saturated heterocycles. The van der Waals surface area contributed by atoms with Gasteiger partial charge in [-0.15, -0.1) is 0 Å². The van der Waals surface area contributed by atoms with E-state index in [1.807, 2.05) is 6.07 Å². The monoisotopic (exact) mass is 468 g/mol. The van der Waals surface area contributed by atoms with Crippen LogP contribution in [0, 0.1) is 5.92 Å². The first-order chi connectivity index (χ1) is 16.2. The van der Waals surface area contributed by atoms with Crippen LogP contribution in [-0.2, 0) is 9.53 Å². The van der Waals surface area contributed by atoms with Crippen LogP contribution in [0.15, 0.2) is 48.0 Å². The van der Waals surface area contributed by atoms with Gasteiger partial charge in [0, 0.05) is 0 Å². The van der Waals surface area contributed by atoms with E-state index in [-0.39, 0.29) is 11.7 Å². The number of hydrogen-bond donors (Lipinski definition) is 2. The minimum Gasteiger partial charge on any atom is -0.497 e. The van der Waals surface area contributed by atoms with Gasteiger partial charge in [-0.05, 0) is 67.3 Å². The van der Waals surface area contributed by atoms with Gasteiger partial charge in [-0.2, -0.15) is 0 Å². The molecule has 0 saturated carbocycles. The Morgan fingerprint density at radius 1 is 0.971 bits per heavy atom. The average Bonchev–Trinajstić information content (AvgIpc) is 2.81. The number of amides is 2. The van der Waals surface area contributed by atoms with Crippen molar-refractivity contribution in [2.75, 3.05) is 20.8 Å². The zero-order valence-electron chi connectivity index (χ0n) is 20.4. The molecular formula is C26H32N2O6. The van der Waals surface area contributed by atoms with E-state index in [1.165, 1.54) is 0 Å². The molecule has 3 rings (SSSR count). The van der Waals surface area contributed by atoms with Crippen molar-refractivity contribution in [1.29, 1.82) is 0 Å². The molecule has 1 aliphatic heterocycles. The number of esters is 1. The van der Waals surface area contributed by atoms with Crippen LogP contribution in [0.25, 0.3) is 5.70 Å². The van der Waals surface area contributed by atoms with E-state index in [0.29, 0.717) is 46.6 Å². The highest BCUT2D eigenvalue weighted by Gasteiger charge is 2.35. The molecule has 0 aromatic heterocycles. The Kier molecular flexibility index (Phi) is 8.04. The summed E-state index contributed by atoms with van der Waals surface area (Å²) < 4.78 is 22.2. The van der Waals surface area contributed by atoms with Crippen LogP contribution in [0.3, 0.4) is 0 Å². The maximum atomic E-state index is 13.3. The fraction of sp³-hybridized carbons (Fsp3) is 0.385. The molecule has 2 N–H and O–H groups in total. The molecule has 0 radical (unpaired) electrons. The van der Waals surface area contributed by atoms with Crippen LogP contribution >= 0.6 is 0 Å². The second kappa shape index (κ2) is 11.0. The number of ether oxygens (including phenoxy) is 4. The summed E-state index contributed by atoms with van der Waals surface area (Å²) in [7, 11) is 3.12. The zero-order chi connectivity index (χ0) is 24.8. The third-order valence-corrected chi connectivity index (χ3v) is 5.11. The maximum absolute atomic E-state index is 13.3. The van der Waals surface area contributed by atoms with Gasteiger partial charge in [0.15, 0.2) is 11.5 Å². The summed E-state index contributed by atoms with van der Waals surface area (Å²) >= 11 is 0. The van der Waals surface area contributed by atoms with Gasteiger partial charge >= 0.3 is 12.0 Å². The fourth-order valence-corrected chi connectivity index (χ4v) is 3.54. The van der Waals surface area contributed by atoms with Crippen molar-refractivity contribution < 1.29 is 28.5 Å². The third kappa shape index (κ3) is 5.81. The lowest BCUT2D eigenvalue weighted by Gasteiger charge is -2.30. The molecule has 0 spiro atoms. The zero-order valence-corrected chi connectivity index (χ0v) is 20.4. The first-order valence-electron chi connectivity index (χ1n) is 11.2. The van der Waals surface area contributed by atoms with Crippen molar-refractivity contribution in [3.8, 4) is 17.2 Å². The summed E-state index contributed by atoms with van der Waals surface area (Å²) in [6.45, 7) is 8.21. The van der Waals surface area contributed by atoms with Crippen molar-refractivity contribution >= 4 is 17.7 Å². The maximum Gasteiger partial charge on any atom is 0.338 e. The Morgan fingerprint density at radius 2 is 1.68 bits per heavy atom. The van der Waals surface area contributed by atoms with Gasteiger partial charge in [-0.1, -0.05) is 19.9 Å². The summed E-state index contributed by atoms with van der Waals surface area (Å²) in [6, 6.07) is 11.3. The molecule has 2 aromatic carbocycles. The SMILES string of the molecule is COc1ccc(C2=C(C(=O)OC(C)C)C(c3ccc(OCC(C)C)c(OC)c3)NC(=O)N2)cc1. The fourth-order valence-electron chi connectivity index (χ4n) is 3.54. The predicted molar refractivity (Wildman–Crippen MR) is 129 cm³/mol. The van der Waals surface area contributed by atoms with Crippen molar-refractivity contribution in [3.05, 3.63) is 59.2 Å². The molecule has 2 aromatic rings. The Hall–Kier alpha value is -3.68. The molecule has 34 heavy (non-hydrogen) atoms. The second-order valence-electron chi connectivity index (χ2n) is 8.62. The summed E-state index contributed by atoms with van der Waals surface area (Å²) in [5.41, 5.74) is 1.98. The first kappa shape index (κ1) is 25.0. The lowest BCUT2D eigenvalue weighted by atomic mass is 9.92. The molecule has 1 aliphatic rings. The van der Waals surface area contributed by atoms with Crippen LogP contribution in [-0.4, -0.2) is 38.9 Å². The normalized spacial score (nSPS) is 15.6. The number of nitrogens with one attached hydrogen (secondary N) is 2. The van der Waals surface area contributed by atoms with Crippen molar-refractivity contribution in [2.45, 2.75) is 39.8 Å². The lowest BCUT2D eigenvalue weighted by Crippen LogP contribution is -2.45.